The molecule has 21 heavy (non-hydrogen) atoms. The van der Waals surface area contributed by atoms with Crippen molar-refractivity contribution in [1.29, 1.82) is 0 Å². The molecule has 0 radical (unpaired) electrons. The molecular weight excluding hydrogens is 270 g/mol. The minimum Gasteiger partial charge on any atom is -0.323 e. The van der Waals surface area contributed by atoms with Crippen LogP contribution in [0.4, 0.5) is 8.78 Å². The summed E-state index contributed by atoms with van der Waals surface area (Å²) in [5.41, 5.74) is 6.61. The molecule has 2 fully saturated rings. The number of benzene rings is 1. The van der Waals surface area contributed by atoms with Gasteiger partial charge in [0.2, 0.25) is 0 Å². The third kappa shape index (κ3) is 3.27. The number of halogens is 2. The van der Waals surface area contributed by atoms with E-state index in [1.807, 2.05) is 0 Å². The van der Waals surface area contributed by atoms with Crippen LogP contribution in [0.15, 0.2) is 18.2 Å². The van der Waals surface area contributed by atoms with Crippen LogP contribution < -0.4 is 5.73 Å². The normalized spacial score (nSPS) is 25.6. The van der Waals surface area contributed by atoms with E-state index in [1.165, 1.54) is 50.7 Å². The Morgan fingerprint density at radius 1 is 1.14 bits per heavy atom. The van der Waals surface area contributed by atoms with Crippen molar-refractivity contribution in [2.45, 2.75) is 50.6 Å². The third-order valence-corrected chi connectivity index (χ3v) is 5.15. The van der Waals surface area contributed by atoms with E-state index in [4.69, 9.17) is 5.73 Å². The second-order valence-electron chi connectivity index (χ2n) is 6.52. The molecule has 1 aromatic rings. The topological polar surface area (TPSA) is 29.3 Å². The predicted molar refractivity (Wildman–Crippen MR) is 79.8 cm³/mol. The van der Waals surface area contributed by atoms with Gasteiger partial charge in [-0.15, -0.1) is 0 Å². The molecule has 4 heteroatoms. The van der Waals surface area contributed by atoms with Crippen LogP contribution >= 0.6 is 0 Å². The van der Waals surface area contributed by atoms with Crippen LogP contribution in [-0.4, -0.2) is 24.0 Å². The van der Waals surface area contributed by atoms with Crippen molar-refractivity contribution < 1.29 is 8.78 Å². The van der Waals surface area contributed by atoms with E-state index in [2.05, 4.69) is 4.90 Å². The number of hydrogen-bond acceptors (Lipinski definition) is 2. The quantitative estimate of drug-likeness (QED) is 0.919. The summed E-state index contributed by atoms with van der Waals surface area (Å²) in [6, 6.07) is 3.93. The monoisotopic (exact) mass is 294 g/mol. The molecule has 1 aliphatic heterocycles. The van der Waals surface area contributed by atoms with Gasteiger partial charge in [0.1, 0.15) is 11.6 Å². The molecule has 0 aromatic heterocycles. The summed E-state index contributed by atoms with van der Waals surface area (Å²) in [5, 5.41) is 0. The van der Waals surface area contributed by atoms with Crippen LogP contribution in [0.5, 0.6) is 0 Å². The Morgan fingerprint density at radius 2 is 1.90 bits per heavy atom. The lowest BCUT2D eigenvalue weighted by Crippen LogP contribution is -2.39. The fourth-order valence-corrected chi connectivity index (χ4v) is 4.11. The van der Waals surface area contributed by atoms with Crippen LogP contribution in [0, 0.1) is 17.6 Å². The highest BCUT2D eigenvalue weighted by atomic mass is 19.1. The molecule has 1 saturated carbocycles. The van der Waals surface area contributed by atoms with Crippen LogP contribution in [0.25, 0.3) is 0 Å². The highest BCUT2D eigenvalue weighted by Gasteiger charge is 2.34. The van der Waals surface area contributed by atoms with Gasteiger partial charge in [-0.2, -0.15) is 0 Å². The molecule has 1 heterocycles. The second-order valence-corrected chi connectivity index (χ2v) is 6.52. The first-order valence-electron chi connectivity index (χ1n) is 8.09. The number of hydrogen-bond donors (Lipinski definition) is 1. The average molecular weight is 294 g/mol. The molecular formula is C17H24F2N2. The molecule has 0 spiro atoms. The van der Waals surface area contributed by atoms with E-state index in [0.29, 0.717) is 18.2 Å². The maximum absolute atomic E-state index is 13.8. The lowest BCUT2D eigenvalue weighted by Gasteiger charge is -2.31. The van der Waals surface area contributed by atoms with Gasteiger partial charge in [0, 0.05) is 30.3 Å². The molecule has 1 aromatic carbocycles. The van der Waals surface area contributed by atoms with E-state index < -0.39 is 11.6 Å². The van der Waals surface area contributed by atoms with Crippen LogP contribution in [-0.2, 0) is 0 Å². The van der Waals surface area contributed by atoms with Gasteiger partial charge in [0.25, 0.3) is 0 Å². The molecule has 2 unspecified atom stereocenters. The Labute approximate surface area is 125 Å². The Kier molecular flexibility index (Phi) is 4.55. The number of rotatable bonds is 4. The Hall–Kier alpha value is -1.00. The van der Waals surface area contributed by atoms with Gasteiger partial charge in [-0.1, -0.05) is 18.9 Å². The van der Waals surface area contributed by atoms with Gasteiger partial charge in [-0.3, -0.25) is 4.90 Å². The van der Waals surface area contributed by atoms with Crippen LogP contribution in [0.2, 0.25) is 0 Å². The van der Waals surface area contributed by atoms with E-state index in [1.54, 1.807) is 0 Å². The van der Waals surface area contributed by atoms with Gasteiger partial charge < -0.3 is 5.73 Å². The van der Waals surface area contributed by atoms with Gasteiger partial charge >= 0.3 is 0 Å². The molecule has 2 atom stereocenters. The highest BCUT2D eigenvalue weighted by Crippen LogP contribution is 2.36. The van der Waals surface area contributed by atoms with Gasteiger partial charge in [0.05, 0.1) is 0 Å². The highest BCUT2D eigenvalue weighted by molar-refractivity contribution is 5.22. The molecule has 116 valence electrons. The zero-order chi connectivity index (χ0) is 14.8. The van der Waals surface area contributed by atoms with Gasteiger partial charge in [-0.25, -0.2) is 8.78 Å². The number of likely N-dealkylation sites (tertiary alicyclic amines) is 1. The lowest BCUT2D eigenvalue weighted by molar-refractivity contribution is 0.180. The molecule has 0 amide bonds. The summed E-state index contributed by atoms with van der Waals surface area (Å²) >= 11 is 0. The Morgan fingerprint density at radius 3 is 2.62 bits per heavy atom. The predicted octanol–water partition coefficient (Wildman–Crippen LogP) is 3.62. The maximum Gasteiger partial charge on any atom is 0.130 e. The summed E-state index contributed by atoms with van der Waals surface area (Å²) < 4.78 is 26.8. The first kappa shape index (κ1) is 14.9. The van der Waals surface area contributed by atoms with E-state index in [-0.39, 0.29) is 6.04 Å². The molecule has 0 bridgehead atoms. The van der Waals surface area contributed by atoms with Crippen molar-refractivity contribution in [3.63, 3.8) is 0 Å². The van der Waals surface area contributed by atoms with Crippen molar-refractivity contribution in [1.82, 2.24) is 4.90 Å². The number of nitrogens with two attached hydrogens (primary N) is 1. The fraction of sp³-hybridized carbons (Fsp3) is 0.647. The SMILES string of the molecule is NC(CN1CCCC1C1CCCC1)c1ccc(F)cc1F. The lowest BCUT2D eigenvalue weighted by atomic mass is 9.95. The summed E-state index contributed by atoms with van der Waals surface area (Å²) in [6.45, 7) is 1.72. The average Bonchev–Trinajstić information content (AvgIpc) is 3.08. The summed E-state index contributed by atoms with van der Waals surface area (Å²) in [7, 11) is 0. The van der Waals surface area contributed by atoms with Crippen LogP contribution in [0.3, 0.4) is 0 Å². The van der Waals surface area contributed by atoms with E-state index >= 15 is 0 Å². The Bertz CT molecular complexity index is 486. The summed E-state index contributed by atoms with van der Waals surface area (Å²) in [6.07, 6.45) is 7.77. The smallest absolute Gasteiger partial charge is 0.130 e. The molecule has 1 saturated heterocycles. The minimum absolute atomic E-state index is 0.382. The van der Waals surface area contributed by atoms with Gasteiger partial charge in [0.15, 0.2) is 0 Å². The summed E-state index contributed by atoms with van der Waals surface area (Å²) in [4.78, 5) is 2.43. The summed E-state index contributed by atoms with van der Waals surface area (Å²) in [5.74, 6) is -0.287. The van der Waals surface area contributed by atoms with Crippen molar-refractivity contribution in [2.24, 2.45) is 11.7 Å². The van der Waals surface area contributed by atoms with E-state index in [0.717, 1.165) is 18.5 Å². The molecule has 2 aliphatic rings. The molecule has 2 N–H and O–H groups in total. The van der Waals surface area contributed by atoms with Crippen molar-refractivity contribution in [3.05, 3.63) is 35.4 Å². The zero-order valence-corrected chi connectivity index (χ0v) is 12.4. The Balaban J connectivity index is 1.67. The molecule has 2 nitrogen and oxygen atoms in total. The maximum atomic E-state index is 13.8. The van der Waals surface area contributed by atoms with Crippen molar-refractivity contribution in [2.75, 3.05) is 13.1 Å². The minimum atomic E-state index is -0.548. The van der Waals surface area contributed by atoms with Crippen molar-refractivity contribution >= 4 is 0 Å². The molecule has 3 rings (SSSR count). The van der Waals surface area contributed by atoms with Crippen molar-refractivity contribution in [3.8, 4) is 0 Å². The van der Waals surface area contributed by atoms with E-state index in [9.17, 15) is 8.78 Å². The zero-order valence-electron chi connectivity index (χ0n) is 12.4. The third-order valence-electron chi connectivity index (χ3n) is 5.15. The molecule has 1 aliphatic carbocycles. The first-order valence-corrected chi connectivity index (χ1v) is 8.09. The first-order chi connectivity index (χ1) is 10.1. The second kappa shape index (κ2) is 6.41. The van der Waals surface area contributed by atoms with Crippen LogP contribution in [0.1, 0.15) is 50.1 Å². The standard InChI is InChI=1S/C17H24F2N2/c18-13-7-8-14(15(19)10-13)16(20)11-21-9-3-6-17(21)12-4-1-2-5-12/h7-8,10,12,16-17H,1-6,9,11,20H2. The largest absolute Gasteiger partial charge is 0.323 e. The van der Waals surface area contributed by atoms with Gasteiger partial charge in [-0.05, 0) is 44.2 Å². The fourth-order valence-electron chi connectivity index (χ4n) is 4.11. The number of nitrogens with zero attached hydrogens (tertiary/aromatic N) is 1.